The van der Waals surface area contributed by atoms with Gasteiger partial charge in [-0.1, -0.05) is 6.92 Å². The molecule has 0 saturated heterocycles. The summed E-state index contributed by atoms with van der Waals surface area (Å²) in [5.74, 6) is 1.10. The first kappa shape index (κ1) is 8.52. The van der Waals surface area contributed by atoms with Crippen molar-refractivity contribution >= 4 is 11.6 Å². The Morgan fingerprint density at radius 2 is 2.33 bits per heavy atom. The SMILES string of the molecule is CC1CC(=O)c2cn3ncnc3nc2C1. The first-order valence-electron chi connectivity index (χ1n) is 4.96. The summed E-state index contributed by atoms with van der Waals surface area (Å²) in [5.41, 5.74) is 1.56. The van der Waals surface area contributed by atoms with Gasteiger partial charge < -0.3 is 0 Å². The maximum atomic E-state index is 11.8. The van der Waals surface area contributed by atoms with Crippen molar-refractivity contribution in [1.29, 1.82) is 0 Å². The highest BCUT2D eigenvalue weighted by Crippen LogP contribution is 2.23. The summed E-state index contributed by atoms with van der Waals surface area (Å²) in [4.78, 5) is 20.1. The zero-order valence-corrected chi connectivity index (χ0v) is 8.34. The molecule has 0 radical (unpaired) electrons. The smallest absolute Gasteiger partial charge is 0.252 e. The minimum Gasteiger partial charge on any atom is -0.294 e. The number of ketones is 1. The fourth-order valence-corrected chi connectivity index (χ4v) is 2.01. The molecule has 2 heterocycles. The minimum absolute atomic E-state index is 0.161. The van der Waals surface area contributed by atoms with Crippen LogP contribution in [0.15, 0.2) is 12.5 Å². The van der Waals surface area contributed by atoms with Gasteiger partial charge in [0.1, 0.15) is 6.33 Å². The lowest BCUT2D eigenvalue weighted by atomic mass is 9.88. The molecule has 0 amide bonds. The number of hydrogen-bond donors (Lipinski definition) is 0. The van der Waals surface area contributed by atoms with Crippen LogP contribution in [0.5, 0.6) is 0 Å². The molecule has 5 heteroatoms. The van der Waals surface area contributed by atoms with E-state index in [2.05, 4.69) is 22.0 Å². The molecule has 76 valence electrons. The van der Waals surface area contributed by atoms with Crippen molar-refractivity contribution in [2.24, 2.45) is 5.92 Å². The van der Waals surface area contributed by atoms with E-state index in [0.29, 0.717) is 23.7 Å². The molecule has 1 aliphatic rings. The molecule has 1 unspecified atom stereocenters. The number of rotatable bonds is 0. The number of aromatic nitrogens is 4. The van der Waals surface area contributed by atoms with Gasteiger partial charge in [0.25, 0.3) is 5.78 Å². The van der Waals surface area contributed by atoms with E-state index in [1.54, 1.807) is 10.7 Å². The Labute approximate surface area is 86.2 Å². The van der Waals surface area contributed by atoms with E-state index in [1.165, 1.54) is 6.33 Å². The Morgan fingerprint density at radius 1 is 1.47 bits per heavy atom. The Hall–Kier alpha value is -1.78. The molecular formula is C10H10N4O. The molecule has 1 atom stereocenters. The molecule has 2 aromatic rings. The largest absolute Gasteiger partial charge is 0.294 e. The second-order valence-electron chi connectivity index (χ2n) is 4.04. The van der Waals surface area contributed by atoms with Crippen molar-refractivity contribution in [2.75, 3.05) is 0 Å². The van der Waals surface area contributed by atoms with Gasteiger partial charge in [-0.15, -0.1) is 0 Å². The number of Topliss-reactive ketones (excluding diaryl/α,β-unsaturated/α-hetero) is 1. The van der Waals surface area contributed by atoms with E-state index in [4.69, 9.17) is 0 Å². The van der Waals surface area contributed by atoms with Crippen LogP contribution in [-0.2, 0) is 6.42 Å². The van der Waals surface area contributed by atoms with Crippen molar-refractivity contribution in [1.82, 2.24) is 19.6 Å². The third-order valence-corrected chi connectivity index (χ3v) is 2.73. The molecule has 0 spiro atoms. The van der Waals surface area contributed by atoms with E-state index >= 15 is 0 Å². The van der Waals surface area contributed by atoms with Gasteiger partial charge >= 0.3 is 0 Å². The monoisotopic (exact) mass is 202 g/mol. The predicted octanol–water partition coefficient (Wildman–Crippen LogP) is 0.889. The molecule has 0 aromatic carbocycles. The van der Waals surface area contributed by atoms with Gasteiger partial charge in [0.15, 0.2) is 5.78 Å². The summed E-state index contributed by atoms with van der Waals surface area (Å²) < 4.78 is 1.55. The van der Waals surface area contributed by atoms with Gasteiger partial charge in [-0.05, 0) is 12.3 Å². The Morgan fingerprint density at radius 3 is 3.20 bits per heavy atom. The molecule has 3 rings (SSSR count). The van der Waals surface area contributed by atoms with Crippen LogP contribution in [0.2, 0.25) is 0 Å². The summed E-state index contributed by atoms with van der Waals surface area (Å²) in [5, 5.41) is 3.97. The van der Waals surface area contributed by atoms with Crippen molar-refractivity contribution in [3.8, 4) is 0 Å². The van der Waals surface area contributed by atoms with Gasteiger partial charge in [0.2, 0.25) is 0 Å². The van der Waals surface area contributed by atoms with E-state index in [9.17, 15) is 4.79 Å². The maximum absolute atomic E-state index is 11.8. The first-order valence-corrected chi connectivity index (χ1v) is 4.96. The summed E-state index contributed by atoms with van der Waals surface area (Å²) in [6.07, 6.45) is 4.64. The molecule has 15 heavy (non-hydrogen) atoms. The number of fused-ring (bicyclic) bond motifs is 2. The average Bonchev–Trinajstić information content (AvgIpc) is 2.61. The van der Waals surface area contributed by atoms with E-state index in [0.717, 1.165) is 12.1 Å². The Bertz CT molecular complexity index is 545. The van der Waals surface area contributed by atoms with Gasteiger partial charge in [-0.3, -0.25) is 4.79 Å². The van der Waals surface area contributed by atoms with E-state index in [-0.39, 0.29) is 5.78 Å². The third kappa shape index (κ3) is 1.23. The van der Waals surface area contributed by atoms with E-state index < -0.39 is 0 Å². The van der Waals surface area contributed by atoms with Crippen LogP contribution in [0.25, 0.3) is 5.78 Å². The fraction of sp³-hybridized carbons (Fsp3) is 0.400. The predicted molar refractivity (Wildman–Crippen MR) is 52.6 cm³/mol. The lowest BCUT2D eigenvalue weighted by Crippen LogP contribution is -2.20. The highest BCUT2D eigenvalue weighted by molar-refractivity contribution is 5.98. The Kier molecular flexibility index (Phi) is 1.62. The lowest BCUT2D eigenvalue weighted by molar-refractivity contribution is 0.0951. The molecule has 0 N–H and O–H groups in total. The second-order valence-corrected chi connectivity index (χ2v) is 4.04. The second kappa shape index (κ2) is 2.85. The highest BCUT2D eigenvalue weighted by atomic mass is 16.1. The molecule has 5 nitrogen and oxygen atoms in total. The molecule has 0 saturated carbocycles. The molecule has 1 aliphatic carbocycles. The summed E-state index contributed by atoms with van der Waals surface area (Å²) >= 11 is 0. The fourth-order valence-electron chi connectivity index (χ4n) is 2.01. The average molecular weight is 202 g/mol. The van der Waals surface area contributed by atoms with Crippen LogP contribution in [-0.4, -0.2) is 25.4 Å². The van der Waals surface area contributed by atoms with Gasteiger partial charge in [0.05, 0.1) is 11.3 Å². The molecule has 0 aliphatic heterocycles. The summed E-state index contributed by atoms with van der Waals surface area (Å²) in [6.45, 7) is 2.07. The summed E-state index contributed by atoms with van der Waals surface area (Å²) in [6, 6.07) is 0. The minimum atomic E-state index is 0.161. The zero-order valence-electron chi connectivity index (χ0n) is 8.34. The van der Waals surface area contributed by atoms with Crippen LogP contribution in [0.1, 0.15) is 29.4 Å². The lowest BCUT2D eigenvalue weighted by Gasteiger charge is -2.18. The normalized spacial score (nSPS) is 20.6. The quantitative estimate of drug-likeness (QED) is 0.636. The molecular weight excluding hydrogens is 192 g/mol. The van der Waals surface area contributed by atoms with Crippen LogP contribution in [0.4, 0.5) is 0 Å². The third-order valence-electron chi connectivity index (χ3n) is 2.73. The first-order chi connectivity index (χ1) is 7.24. The number of carbonyl (C=O) groups is 1. The Balaban J connectivity index is 2.26. The molecule has 2 aromatic heterocycles. The number of hydrogen-bond acceptors (Lipinski definition) is 4. The number of carbonyl (C=O) groups excluding carboxylic acids is 1. The maximum Gasteiger partial charge on any atom is 0.252 e. The molecule has 0 fully saturated rings. The van der Waals surface area contributed by atoms with Crippen molar-refractivity contribution in [3.05, 3.63) is 23.8 Å². The zero-order chi connectivity index (χ0) is 10.4. The summed E-state index contributed by atoms with van der Waals surface area (Å²) in [7, 11) is 0. The topological polar surface area (TPSA) is 60.2 Å². The van der Waals surface area contributed by atoms with Gasteiger partial charge in [-0.2, -0.15) is 10.1 Å². The highest BCUT2D eigenvalue weighted by Gasteiger charge is 2.24. The van der Waals surface area contributed by atoms with Crippen molar-refractivity contribution in [3.63, 3.8) is 0 Å². The van der Waals surface area contributed by atoms with Crippen LogP contribution < -0.4 is 0 Å². The van der Waals surface area contributed by atoms with Crippen molar-refractivity contribution in [2.45, 2.75) is 19.8 Å². The van der Waals surface area contributed by atoms with Crippen LogP contribution in [0.3, 0.4) is 0 Å². The van der Waals surface area contributed by atoms with Crippen molar-refractivity contribution < 1.29 is 4.79 Å². The van der Waals surface area contributed by atoms with Crippen LogP contribution >= 0.6 is 0 Å². The van der Waals surface area contributed by atoms with Gasteiger partial charge in [0, 0.05) is 12.6 Å². The standard InChI is InChI=1S/C10H10N4O/c1-6-2-8-7(9(15)3-6)4-14-10(13-8)11-5-12-14/h4-6H,2-3H2,1H3. The number of nitrogens with zero attached hydrogens (tertiary/aromatic N) is 4. The van der Waals surface area contributed by atoms with E-state index in [1.807, 2.05) is 0 Å². The van der Waals surface area contributed by atoms with Crippen LogP contribution in [0, 0.1) is 5.92 Å². The van der Waals surface area contributed by atoms with Gasteiger partial charge in [-0.25, -0.2) is 9.50 Å². The molecule has 0 bridgehead atoms.